The topological polar surface area (TPSA) is 57.8 Å². The average molecular weight is 306 g/mol. The Morgan fingerprint density at radius 3 is 3.14 bits per heavy atom. The second kappa shape index (κ2) is 5.87. The quantitative estimate of drug-likeness (QED) is 0.880. The molecule has 0 radical (unpaired) electrons. The Morgan fingerprint density at radius 1 is 1.52 bits per heavy atom. The number of nitrogens with zero attached hydrogens (tertiary/aromatic N) is 3. The Morgan fingerprint density at radius 2 is 2.38 bits per heavy atom. The molecule has 0 spiro atoms. The molecule has 2 aromatic heterocycles. The molecule has 110 valence electrons. The van der Waals surface area contributed by atoms with Crippen molar-refractivity contribution in [1.82, 2.24) is 14.3 Å². The first-order valence-corrected chi connectivity index (χ1v) is 7.27. The molecule has 0 aliphatic carbocycles. The third-order valence-electron chi connectivity index (χ3n) is 3.76. The molecule has 1 N–H and O–H groups in total. The molecule has 3 rings (SSSR count). The molecule has 1 aliphatic heterocycles. The molecule has 1 amide bonds. The van der Waals surface area contributed by atoms with Crippen molar-refractivity contribution in [3.63, 3.8) is 0 Å². The van der Waals surface area contributed by atoms with Gasteiger partial charge in [-0.05, 0) is 24.6 Å². The van der Waals surface area contributed by atoms with Crippen molar-refractivity contribution < 1.29 is 9.90 Å². The molecule has 2 aromatic rings. The number of likely N-dealkylation sites (tertiary alicyclic amines) is 1. The maximum atomic E-state index is 12.1. The van der Waals surface area contributed by atoms with Crippen molar-refractivity contribution in [2.24, 2.45) is 5.92 Å². The van der Waals surface area contributed by atoms with E-state index in [0.717, 1.165) is 12.1 Å². The monoisotopic (exact) mass is 305 g/mol. The molecule has 0 saturated carbocycles. The van der Waals surface area contributed by atoms with Crippen LogP contribution in [0.25, 0.3) is 11.7 Å². The van der Waals surface area contributed by atoms with Gasteiger partial charge in [0.05, 0.1) is 5.69 Å². The lowest BCUT2D eigenvalue weighted by atomic mass is 10.1. The Balaban J connectivity index is 1.79. The van der Waals surface area contributed by atoms with E-state index in [1.165, 1.54) is 6.08 Å². The van der Waals surface area contributed by atoms with Crippen LogP contribution in [0, 0.1) is 5.92 Å². The minimum absolute atomic E-state index is 0.0621. The summed E-state index contributed by atoms with van der Waals surface area (Å²) in [6.07, 6.45) is 5.92. The molecule has 6 heteroatoms. The summed E-state index contributed by atoms with van der Waals surface area (Å²) in [5.41, 5.74) is 1.44. The van der Waals surface area contributed by atoms with Crippen LogP contribution in [0.15, 0.2) is 30.5 Å². The van der Waals surface area contributed by atoms with Gasteiger partial charge in [-0.25, -0.2) is 4.98 Å². The highest BCUT2D eigenvalue weighted by atomic mass is 35.5. The minimum Gasteiger partial charge on any atom is -0.396 e. The normalized spacial score (nSPS) is 19.0. The highest BCUT2D eigenvalue weighted by Gasteiger charge is 2.24. The number of aliphatic hydroxyl groups excluding tert-OH is 1. The number of imidazole rings is 1. The lowest BCUT2D eigenvalue weighted by Gasteiger charge is -2.13. The van der Waals surface area contributed by atoms with Crippen molar-refractivity contribution in [1.29, 1.82) is 0 Å². The summed E-state index contributed by atoms with van der Waals surface area (Å²) < 4.78 is 1.84. The highest BCUT2D eigenvalue weighted by molar-refractivity contribution is 6.31. The molecule has 1 fully saturated rings. The number of rotatable bonds is 3. The zero-order valence-electron chi connectivity index (χ0n) is 11.4. The van der Waals surface area contributed by atoms with Gasteiger partial charge in [0, 0.05) is 37.9 Å². The molecule has 0 aromatic carbocycles. The van der Waals surface area contributed by atoms with Gasteiger partial charge in [-0.15, -0.1) is 0 Å². The standard InChI is InChI=1S/C15H16ClN3O2/c16-15-12(19-7-2-1-3-13(19)17-15)4-5-14(21)18-8-6-11(9-18)10-20/h1-5,7,11,20H,6,8-10H2/b5-4+. The zero-order valence-corrected chi connectivity index (χ0v) is 12.2. The molecule has 1 atom stereocenters. The Kier molecular flexibility index (Phi) is 3.94. The van der Waals surface area contributed by atoms with Crippen molar-refractivity contribution in [3.05, 3.63) is 41.3 Å². The molecular weight excluding hydrogens is 290 g/mol. The van der Waals surface area contributed by atoms with E-state index in [1.54, 1.807) is 11.0 Å². The number of hydrogen-bond donors (Lipinski definition) is 1. The van der Waals surface area contributed by atoms with E-state index in [1.807, 2.05) is 28.8 Å². The van der Waals surface area contributed by atoms with Crippen LogP contribution in [-0.2, 0) is 4.79 Å². The SMILES string of the molecule is O=C(/C=C/c1c(Cl)nc2ccccn12)N1CCC(CO)C1. The van der Waals surface area contributed by atoms with Crippen molar-refractivity contribution in [3.8, 4) is 0 Å². The van der Waals surface area contributed by atoms with E-state index in [0.29, 0.717) is 23.9 Å². The summed E-state index contributed by atoms with van der Waals surface area (Å²) in [5.74, 6) is 0.134. The van der Waals surface area contributed by atoms with Gasteiger partial charge in [0.15, 0.2) is 5.15 Å². The molecule has 1 saturated heterocycles. The van der Waals surface area contributed by atoms with E-state index < -0.39 is 0 Å². The number of amides is 1. The number of hydrogen-bond acceptors (Lipinski definition) is 3. The maximum Gasteiger partial charge on any atom is 0.246 e. The number of pyridine rings is 1. The van der Waals surface area contributed by atoms with Crippen LogP contribution < -0.4 is 0 Å². The Bertz CT molecular complexity index is 695. The second-order valence-electron chi connectivity index (χ2n) is 5.17. The van der Waals surface area contributed by atoms with E-state index in [4.69, 9.17) is 16.7 Å². The van der Waals surface area contributed by atoms with Crippen molar-refractivity contribution in [2.45, 2.75) is 6.42 Å². The van der Waals surface area contributed by atoms with Crippen LogP contribution in [0.1, 0.15) is 12.1 Å². The van der Waals surface area contributed by atoms with Gasteiger partial charge in [0.25, 0.3) is 0 Å². The minimum atomic E-state index is -0.0621. The maximum absolute atomic E-state index is 12.1. The predicted octanol–water partition coefficient (Wildman–Crippen LogP) is 1.84. The summed E-state index contributed by atoms with van der Waals surface area (Å²) in [4.78, 5) is 18.1. The molecule has 1 aliphatic rings. The number of carbonyl (C=O) groups excluding carboxylic acids is 1. The second-order valence-corrected chi connectivity index (χ2v) is 5.53. The number of carbonyl (C=O) groups is 1. The number of aliphatic hydroxyl groups is 1. The lowest BCUT2D eigenvalue weighted by Crippen LogP contribution is -2.27. The molecule has 21 heavy (non-hydrogen) atoms. The van der Waals surface area contributed by atoms with Gasteiger partial charge < -0.3 is 10.0 Å². The largest absolute Gasteiger partial charge is 0.396 e. The van der Waals surface area contributed by atoms with Gasteiger partial charge in [0.2, 0.25) is 5.91 Å². The molecule has 1 unspecified atom stereocenters. The smallest absolute Gasteiger partial charge is 0.246 e. The van der Waals surface area contributed by atoms with Crippen molar-refractivity contribution in [2.75, 3.05) is 19.7 Å². The van der Waals surface area contributed by atoms with Crippen LogP contribution in [0.3, 0.4) is 0 Å². The third-order valence-corrected chi connectivity index (χ3v) is 4.04. The fourth-order valence-electron chi connectivity index (χ4n) is 2.57. The summed E-state index contributed by atoms with van der Waals surface area (Å²) in [7, 11) is 0. The number of fused-ring (bicyclic) bond motifs is 1. The van der Waals surface area contributed by atoms with Crippen LogP contribution >= 0.6 is 11.6 Å². The van der Waals surface area contributed by atoms with Crippen molar-refractivity contribution >= 4 is 29.2 Å². The van der Waals surface area contributed by atoms with Gasteiger partial charge in [0.1, 0.15) is 5.65 Å². The van der Waals surface area contributed by atoms with E-state index in [9.17, 15) is 4.79 Å². The van der Waals surface area contributed by atoms with E-state index >= 15 is 0 Å². The van der Waals surface area contributed by atoms with Crippen LogP contribution in [0.4, 0.5) is 0 Å². The first-order valence-electron chi connectivity index (χ1n) is 6.89. The van der Waals surface area contributed by atoms with Gasteiger partial charge in [-0.1, -0.05) is 17.7 Å². The van der Waals surface area contributed by atoms with Crippen LogP contribution in [0.5, 0.6) is 0 Å². The molecule has 5 nitrogen and oxygen atoms in total. The average Bonchev–Trinajstić information content (AvgIpc) is 3.08. The van der Waals surface area contributed by atoms with Gasteiger partial charge in [-0.3, -0.25) is 9.20 Å². The fourth-order valence-corrected chi connectivity index (χ4v) is 2.81. The fraction of sp³-hybridized carbons (Fsp3) is 0.333. The summed E-state index contributed by atoms with van der Waals surface area (Å²) in [5, 5.41) is 9.49. The lowest BCUT2D eigenvalue weighted by molar-refractivity contribution is -0.125. The molecule has 0 bridgehead atoms. The summed E-state index contributed by atoms with van der Waals surface area (Å²) in [6.45, 7) is 1.43. The molecule has 3 heterocycles. The Labute approximate surface area is 127 Å². The number of halogens is 1. The number of aromatic nitrogens is 2. The van der Waals surface area contributed by atoms with Crippen LogP contribution in [0.2, 0.25) is 5.15 Å². The first-order chi connectivity index (χ1) is 10.2. The summed E-state index contributed by atoms with van der Waals surface area (Å²) in [6, 6.07) is 5.63. The van der Waals surface area contributed by atoms with E-state index in [2.05, 4.69) is 4.98 Å². The predicted molar refractivity (Wildman–Crippen MR) is 81.0 cm³/mol. The summed E-state index contributed by atoms with van der Waals surface area (Å²) >= 11 is 6.12. The van der Waals surface area contributed by atoms with Crippen LogP contribution in [-0.4, -0.2) is 45.0 Å². The zero-order chi connectivity index (χ0) is 14.8. The third kappa shape index (κ3) is 2.80. The highest BCUT2D eigenvalue weighted by Crippen LogP contribution is 2.20. The van der Waals surface area contributed by atoms with Gasteiger partial charge in [-0.2, -0.15) is 0 Å². The van der Waals surface area contributed by atoms with E-state index in [-0.39, 0.29) is 18.4 Å². The Hall–Kier alpha value is -1.85. The van der Waals surface area contributed by atoms with Gasteiger partial charge >= 0.3 is 0 Å². The molecular formula is C15H16ClN3O2. The first kappa shape index (κ1) is 14.1.